The van der Waals surface area contributed by atoms with Crippen molar-refractivity contribution in [2.45, 2.75) is 59.4 Å². The monoisotopic (exact) mass is 218 g/mol. The average Bonchev–Trinajstić information content (AvgIpc) is 2.09. The molecule has 0 aliphatic carbocycles. The molecule has 2 unspecified atom stereocenters. The first-order chi connectivity index (χ1) is 6.73. The molecule has 0 fully saturated rings. The van der Waals surface area contributed by atoms with Crippen molar-refractivity contribution in [1.29, 1.82) is 0 Å². The highest BCUT2D eigenvalue weighted by molar-refractivity contribution is 4.73. The molecule has 0 aromatic heterocycles. The van der Waals surface area contributed by atoms with E-state index < -0.39 is 5.60 Å². The van der Waals surface area contributed by atoms with Gasteiger partial charge in [0.15, 0.2) is 0 Å². The highest BCUT2D eigenvalue weighted by Crippen LogP contribution is 2.16. The molecule has 0 saturated heterocycles. The Labute approximate surface area is 93.8 Å². The topological polar surface area (TPSA) is 38.7 Å². The Morgan fingerprint density at radius 2 is 1.53 bits per heavy atom. The minimum Gasteiger partial charge on any atom is -0.390 e. The van der Waals surface area contributed by atoms with Crippen LogP contribution in [0.4, 0.5) is 0 Å². The smallest absolute Gasteiger partial charge is 0.0780 e. The van der Waals surface area contributed by atoms with E-state index in [-0.39, 0.29) is 18.1 Å². The Bertz CT molecular complexity index is 161. The summed E-state index contributed by atoms with van der Waals surface area (Å²) in [5, 5.41) is 9.71. The van der Waals surface area contributed by atoms with Crippen LogP contribution in [0, 0.1) is 5.92 Å². The zero-order chi connectivity index (χ0) is 12.1. The predicted molar refractivity (Wildman–Crippen MR) is 62.0 cm³/mol. The maximum absolute atomic E-state index is 9.71. The molecule has 0 heterocycles. The third-order valence-electron chi connectivity index (χ3n) is 2.50. The highest BCUT2D eigenvalue weighted by atomic mass is 16.5. The molecule has 0 aromatic rings. The first kappa shape index (κ1) is 14.9. The third kappa shape index (κ3) is 7.77. The van der Waals surface area contributed by atoms with E-state index in [9.17, 15) is 5.11 Å². The fourth-order valence-electron chi connectivity index (χ4n) is 0.889. The van der Waals surface area contributed by atoms with Crippen molar-refractivity contribution in [2.24, 2.45) is 5.92 Å². The second kappa shape index (κ2) is 6.46. The quantitative estimate of drug-likeness (QED) is 0.712. The van der Waals surface area contributed by atoms with E-state index in [0.717, 1.165) is 0 Å². The van der Waals surface area contributed by atoms with Crippen molar-refractivity contribution in [3.05, 3.63) is 0 Å². The number of hydrogen-bond acceptors (Lipinski definition) is 3. The third-order valence-corrected chi connectivity index (χ3v) is 2.50. The molecule has 15 heavy (non-hydrogen) atoms. The van der Waals surface area contributed by atoms with Gasteiger partial charge in [0.1, 0.15) is 0 Å². The van der Waals surface area contributed by atoms with E-state index in [1.165, 1.54) is 0 Å². The molecular weight excluding hydrogens is 192 g/mol. The highest BCUT2D eigenvalue weighted by Gasteiger charge is 2.22. The van der Waals surface area contributed by atoms with Crippen molar-refractivity contribution in [1.82, 2.24) is 0 Å². The van der Waals surface area contributed by atoms with Gasteiger partial charge >= 0.3 is 0 Å². The normalized spacial score (nSPS) is 16.8. The second-order valence-corrected chi connectivity index (χ2v) is 5.08. The van der Waals surface area contributed by atoms with Crippen LogP contribution in [-0.2, 0) is 9.47 Å². The van der Waals surface area contributed by atoms with Gasteiger partial charge in [-0.3, -0.25) is 0 Å². The van der Waals surface area contributed by atoms with Crippen LogP contribution in [0.25, 0.3) is 0 Å². The Morgan fingerprint density at radius 3 is 1.93 bits per heavy atom. The van der Waals surface area contributed by atoms with Crippen LogP contribution < -0.4 is 0 Å². The van der Waals surface area contributed by atoms with Crippen LogP contribution in [0.5, 0.6) is 0 Å². The molecule has 0 saturated carbocycles. The van der Waals surface area contributed by atoms with Crippen molar-refractivity contribution in [2.75, 3.05) is 13.2 Å². The summed E-state index contributed by atoms with van der Waals surface area (Å²) in [6, 6.07) is 0. The van der Waals surface area contributed by atoms with Crippen molar-refractivity contribution >= 4 is 0 Å². The maximum atomic E-state index is 9.71. The molecule has 2 atom stereocenters. The summed E-state index contributed by atoms with van der Waals surface area (Å²) >= 11 is 0. The van der Waals surface area contributed by atoms with Crippen LogP contribution >= 0.6 is 0 Å². The van der Waals surface area contributed by atoms with Crippen LogP contribution in [0.15, 0.2) is 0 Å². The average molecular weight is 218 g/mol. The number of ether oxygens (including phenoxy) is 2. The SMILES string of the molecule is CC(C)OCC(C)OCC(C)C(C)(C)O. The number of rotatable bonds is 7. The maximum Gasteiger partial charge on any atom is 0.0780 e. The Kier molecular flexibility index (Phi) is 6.41. The van der Waals surface area contributed by atoms with Crippen LogP contribution in [-0.4, -0.2) is 36.1 Å². The summed E-state index contributed by atoms with van der Waals surface area (Å²) in [6.45, 7) is 12.8. The van der Waals surface area contributed by atoms with Crippen molar-refractivity contribution in [3.8, 4) is 0 Å². The number of aliphatic hydroxyl groups is 1. The first-order valence-electron chi connectivity index (χ1n) is 5.69. The van der Waals surface area contributed by atoms with Gasteiger partial charge < -0.3 is 14.6 Å². The van der Waals surface area contributed by atoms with Crippen LogP contribution in [0.3, 0.4) is 0 Å². The molecule has 0 aliphatic rings. The van der Waals surface area contributed by atoms with Crippen molar-refractivity contribution in [3.63, 3.8) is 0 Å². The summed E-state index contributed by atoms with van der Waals surface area (Å²) in [7, 11) is 0. The van der Waals surface area contributed by atoms with E-state index >= 15 is 0 Å². The van der Waals surface area contributed by atoms with Gasteiger partial charge in [0, 0.05) is 5.92 Å². The molecule has 0 amide bonds. The van der Waals surface area contributed by atoms with Gasteiger partial charge in [-0.15, -0.1) is 0 Å². The van der Waals surface area contributed by atoms with Gasteiger partial charge in [-0.2, -0.15) is 0 Å². The van der Waals surface area contributed by atoms with E-state index in [4.69, 9.17) is 9.47 Å². The second-order valence-electron chi connectivity index (χ2n) is 5.08. The largest absolute Gasteiger partial charge is 0.390 e. The standard InChI is InChI=1S/C12H26O3/c1-9(2)14-8-11(4)15-7-10(3)12(5,6)13/h9-11,13H,7-8H2,1-6H3. The van der Waals surface area contributed by atoms with Gasteiger partial charge in [-0.05, 0) is 34.6 Å². The van der Waals surface area contributed by atoms with Gasteiger partial charge in [0.2, 0.25) is 0 Å². The Balaban J connectivity index is 3.66. The molecule has 0 rings (SSSR count). The van der Waals surface area contributed by atoms with Gasteiger partial charge in [-0.1, -0.05) is 6.92 Å². The number of hydrogen-bond donors (Lipinski definition) is 1. The molecule has 0 aliphatic heterocycles. The molecule has 0 bridgehead atoms. The lowest BCUT2D eigenvalue weighted by Crippen LogP contribution is -2.33. The van der Waals surface area contributed by atoms with E-state index in [0.29, 0.717) is 13.2 Å². The van der Waals surface area contributed by atoms with Gasteiger partial charge in [-0.25, -0.2) is 0 Å². The van der Waals surface area contributed by atoms with Crippen molar-refractivity contribution < 1.29 is 14.6 Å². The molecule has 0 aromatic carbocycles. The molecular formula is C12H26O3. The van der Waals surface area contributed by atoms with Crippen LogP contribution in [0.1, 0.15) is 41.5 Å². The summed E-state index contributed by atoms with van der Waals surface area (Å²) in [5.41, 5.74) is -0.682. The first-order valence-corrected chi connectivity index (χ1v) is 5.69. The van der Waals surface area contributed by atoms with Crippen LogP contribution in [0.2, 0.25) is 0 Å². The van der Waals surface area contributed by atoms with E-state index in [2.05, 4.69) is 0 Å². The molecule has 3 heteroatoms. The minimum absolute atomic E-state index is 0.0807. The Hall–Kier alpha value is -0.120. The van der Waals surface area contributed by atoms with Gasteiger partial charge in [0.05, 0.1) is 31.0 Å². The molecule has 0 radical (unpaired) electrons. The van der Waals surface area contributed by atoms with Gasteiger partial charge in [0.25, 0.3) is 0 Å². The molecule has 3 nitrogen and oxygen atoms in total. The lowest BCUT2D eigenvalue weighted by atomic mass is 9.94. The summed E-state index contributed by atoms with van der Waals surface area (Å²) in [5.74, 6) is 0.124. The zero-order valence-corrected chi connectivity index (χ0v) is 10.9. The zero-order valence-electron chi connectivity index (χ0n) is 10.9. The molecule has 92 valence electrons. The van der Waals surface area contributed by atoms with E-state index in [1.807, 2.05) is 27.7 Å². The minimum atomic E-state index is -0.682. The predicted octanol–water partition coefficient (Wildman–Crippen LogP) is 2.22. The summed E-state index contributed by atoms with van der Waals surface area (Å²) < 4.78 is 11.0. The fraction of sp³-hybridized carbons (Fsp3) is 1.00. The lowest BCUT2D eigenvalue weighted by molar-refractivity contribution is -0.0682. The summed E-state index contributed by atoms with van der Waals surface area (Å²) in [6.07, 6.45) is 0.319. The lowest BCUT2D eigenvalue weighted by Gasteiger charge is -2.27. The molecule has 0 spiro atoms. The molecule has 1 N–H and O–H groups in total. The Morgan fingerprint density at radius 1 is 1.00 bits per heavy atom. The fourth-order valence-corrected chi connectivity index (χ4v) is 0.889. The van der Waals surface area contributed by atoms with E-state index in [1.54, 1.807) is 13.8 Å². The summed E-state index contributed by atoms with van der Waals surface area (Å²) in [4.78, 5) is 0.